The molecule has 0 fully saturated rings. The molecule has 0 saturated heterocycles. The number of nitriles is 1. The first-order chi connectivity index (χ1) is 27.5. The van der Waals surface area contributed by atoms with Crippen molar-refractivity contribution in [1.82, 2.24) is 13.7 Å². The zero-order valence-electron chi connectivity index (χ0n) is 31.1. The number of hydrogen-bond acceptors (Lipinski definition) is 14. The highest BCUT2D eigenvalue weighted by atomic mass is 19.4. The van der Waals surface area contributed by atoms with Gasteiger partial charge in [0.2, 0.25) is 12.2 Å². The largest absolute Gasteiger partial charge is 0.492 e. The summed E-state index contributed by atoms with van der Waals surface area (Å²) in [5, 5.41) is 22.8. The van der Waals surface area contributed by atoms with Gasteiger partial charge >= 0.3 is 35.6 Å². The Labute approximate surface area is 353 Å². The van der Waals surface area contributed by atoms with Crippen LogP contribution in [0.1, 0.15) is 107 Å². The Morgan fingerprint density at radius 1 is 0.613 bits per heavy atom. The third kappa shape index (κ3) is 34.2. The SMILES string of the molecule is C.C.C.C.FCOC(F)(F)OC(F)(F)C(F)(F)OF.N#COCCCCCCn1c(=O)n(CCCCCCN=C=O)c(=O)n(CCCCCCN=C=O)c1=O.OCCF.OCF. The molecule has 1 aromatic rings. The lowest BCUT2D eigenvalue weighted by Gasteiger charge is -2.25. The number of carbonyl (C=O) groups excluding carboxylic acids is 2. The molecule has 0 aliphatic heterocycles. The van der Waals surface area contributed by atoms with E-state index in [4.69, 9.17) is 15.5 Å². The van der Waals surface area contributed by atoms with E-state index >= 15 is 0 Å². The molecule has 0 unspecified atom stereocenters. The second-order valence-electron chi connectivity index (χ2n) is 10.9. The number of alkyl halides is 9. The van der Waals surface area contributed by atoms with Crippen LogP contribution in [0.25, 0.3) is 0 Å². The second kappa shape index (κ2) is 44.6. The highest BCUT2D eigenvalue weighted by Gasteiger charge is 2.66. The van der Waals surface area contributed by atoms with E-state index in [9.17, 15) is 68.0 Å². The summed E-state index contributed by atoms with van der Waals surface area (Å²) in [6, 6.07) is 0. The van der Waals surface area contributed by atoms with Crippen molar-refractivity contribution in [2.24, 2.45) is 9.98 Å². The minimum absolute atomic E-state index is 0. The molecule has 0 radical (unpaired) electrons. The van der Waals surface area contributed by atoms with Crippen molar-refractivity contribution >= 4 is 12.2 Å². The molecule has 0 bridgehead atoms. The molecule has 0 spiro atoms. The number of ether oxygens (including phenoxy) is 3. The Morgan fingerprint density at radius 2 is 0.952 bits per heavy atom. The maximum atomic E-state index is 13.0. The quantitative estimate of drug-likeness (QED) is 0.0216. The highest BCUT2D eigenvalue weighted by Crippen LogP contribution is 2.40. The van der Waals surface area contributed by atoms with Gasteiger partial charge < -0.3 is 14.9 Å². The first-order valence-electron chi connectivity index (χ1n) is 17.2. The molecule has 1 aromatic heterocycles. The van der Waals surface area contributed by atoms with Gasteiger partial charge in [-0.25, -0.2) is 65.6 Å². The number of isocyanates is 2. The molecule has 0 aliphatic carbocycles. The summed E-state index contributed by atoms with van der Waals surface area (Å²) in [4.78, 5) is 67.7. The van der Waals surface area contributed by atoms with Crippen LogP contribution in [0.3, 0.4) is 0 Å². The number of halogens is 10. The summed E-state index contributed by atoms with van der Waals surface area (Å²) in [7, 11) is 0. The van der Waals surface area contributed by atoms with Crippen LogP contribution in [-0.4, -0.2) is 101 Å². The highest BCUT2D eigenvalue weighted by molar-refractivity contribution is 5.32. The van der Waals surface area contributed by atoms with E-state index in [0.717, 1.165) is 65.1 Å². The molecule has 0 amide bonds. The summed E-state index contributed by atoms with van der Waals surface area (Å²) in [5.41, 5.74) is -1.77. The van der Waals surface area contributed by atoms with Gasteiger partial charge in [-0.15, -0.1) is 13.7 Å². The van der Waals surface area contributed by atoms with Gasteiger partial charge in [-0.3, -0.25) is 4.74 Å². The Bertz CT molecular complexity index is 1470. The number of aliphatic hydroxyl groups is 2. The molecule has 2 N–H and O–H groups in total. The lowest BCUT2D eigenvalue weighted by Crippen LogP contribution is -2.54. The van der Waals surface area contributed by atoms with Crippen LogP contribution in [-0.2, 0) is 48.4 Å². The fourth-order valence-corrected chi connectivity index (χ4v) is 4.17. The van der Waals surface area contributed by atoms with Crippen LogP contribution in [0.2, 0.25) is 0 Å². The average molecular weight is 933 g/mol. The second-order valence-corrected chi connectivity index (χ2v) is 10.9. The maximum Gasteiger partial charge on any atom is 0.492 e. The lowest BCUT2D eigenvalue weighted by molar-refractivity contribution is -0.548. The van der Waals surface area contributed by atoms with Crippen molar-refractivity contribution in [3.8, 4) is 6.26 Å². The van der Waals surface area contributed by atoms with Crippen molar-refractivity contribution in [1.29, 1.82) is 5.26 Å². The monoisotopic (exact) mass is 932 g/mol. The fourth-order valence-electron chi connectivity index (χ4n) is 4.17. The predicted molar refractivity (Wildman–Crippen MR) is 206 cm³/mol. The molecule has 27 heteroatoms. The van der Waals surface area contributed by atoms with Crippen LogP contribution >= 0.6 is 0 Å². The lowest BCUT2D eigenvalue weighted by atomic mass is 10.2. The van der Waals surface area contributed by atoms with Gasteiger partial charge in [0.1, 0.15) is 13.3 Å². The Hall–Kier alpha value is -4.44. The van der Waals surface area contributed by atoms with E-state index in [0.29, 0.717) is 45.4 Å². The minimum Gasteiger partial charge on any atom is -0.428 e. The Kier molecular flexibility index (Phi) is 51.8. The van der Waals surface area contributed by atoms with E-state index < -0.39 is 56.0 Å². The molecule has 0 aliphatic rings. The zero-order chi connectivity index (χ0) is 44.9. The van der Waals surface area contributed by atoms with Gasteiger partial charge in [-0.2, -0.15) is 22.8 Å². The third-order valence-electron chi connectivity index (χ3n) is 6.75. The van der Waals surface area contributed by atoms with Crippen molar-refractivity contribution < 1.29 is 83.0 Å². The van der Waals surface area contributed by atoms with Crippen LogP contribution in [0.4, 0.5) is 44.0 Å². The summed E-state index contributed by atoms with van der Waals surface area (Å²) in [5.74, 6) is 0. The predicted octanol–water partition coefficient (Wildman–Crippen LogP) is 7.00. The molecule has 17 nitrogen and oxygen atoms in total. The third-order valence-corrected chi connectivity index (χ3v) is 6.75. The van der Waals surface area contributed by atoms with Crippen molar-refractivity contribution in [3.05, 3.63) is 31.5 Å². The first-order valence-corrected chi connectivity index (χ1v) is 17.2. The number of unbranched alkanes of at least 4 members (excludes halogenated alkanes) is 9. The molecule has 0 aromatic carbocycles. The summed E-state index contributed by atoms with van der Waals surface area (Å²) in [6.45, 7) is -2.71. The van der Waals surface area contributed by atoms with Crippen molar-refractivity contribution in [3.63, 3.8) is 0 Å². The van der Waals surface area contributed by atoms with Gasteiger partial charge in [-0.1, -0.05) is 61.8 Å². The number of hydrogen-bond donors (Lipinski definition) is 2. The molecule has 368 valence electrons. The summed E-state index contributed by atoms with van der Waals surface area (Å²) < 4.78 is 126. The Morgan fingerprint density at radius 3 is 1.24 bits per heavy atom. The van der Waals surface area contributed by atoms with Crippen molar-refractivity contribution in [2.45, 2.75) is 145 Å². The number of nitrogens with zero attached hydrogens (tertiary/aromatic N) is 6. The number of aromatic nitrogens is 3. The van der Waals surface area contributed by atoms with Crippen molar-refractivity contribution in [2.75, 3.05) is 46.7 Å². The normalized spacial score (nSPS) is 10.2. The Balaban J connectivity index is -0.000000194. The summed E-state index contributed by atoms with van der Waals surface area (Å²) in [6.07, 6.45) is -4.13. The van der Waals surface area contributed by atoms with E-state index in [1.165, 1.54) is 17.1 Å². The fraction of sp³-hybridized carbons (Fsp3) is 0.829. The van der Waals surface area contributed by atoms with Gasteiger partial charge in [0.05, 0.1) is 19.7 Å². The number of aliphatic imine (C=N–C) groups is 2. The summed E-state index contributed by atoms with van der Waals surface area (Å²) >= 11 is 0. The van der Waals surface area contributed by atoms with Crippen LogP contribution < -0.4 is 17.1 Å². The van der Waals surface area contributed by atoms with E-state index in [2.05, 4.69) is 24.2 Å². The zero-order valence-corrected chi connectivity index (χ0v) is 31.1. The number of rotatable bonds is 28. The molecular formula is C35H62F10N6O11. The standard InChI is InChI=1S/C24H36N6O6.C4H2F8O3.C2H5FO.CH3FO.4CH4/c25-19-36-18-12-6-5-11-17-30-23(34)28(15-9-3-1-7-13-26-20-31)22(33)29(24(30)35)16-10-4-2-8-14-27-21-32;5-1-13-4(10,11)14-2(6,7)3(8,9)15-12;3-1-2-4;2-1-3;;;;/h1-18H2;1H2;4H,1-2H2;3H,1H2;4*1H4. The van der Waals surface area contributed by atoms with Crippen LogP contribution in [0, 0.1) is 11.5 Å². The van der Waals surface area contributed by atoms with E-state index in [1.54, 1.807) is 6.26 Å². The average Bonchev–Trinajstić information content (AvgIpc) is 3.17. The topological polar surface area (TPSA) is 226 Å². The van der Waals surface area contributed by atoms with E-state index in [-0.39, 0.29) is 55.9 Å². The molecular weight excluding hydrogens is 870 g/mol. The number of aliphatic hydroxyl groups excluding tert-OH is 2. The molecule has 0 saturated carbocycles. The smallest absolute Gasteiger partial charge is 0.428 e. The molecule has 0 atom stereocenters. The van der Waals surface area contributed by atoms with Gasteiger partial charge in [0, 0.05) is 19.6 Å². The van der Waals surface area contributed by atoms with E-state index in [1.807, 2.05) is 0 Å². The molecule has 1 rings (SSSR count). The maximum absolute atomic E-state index is 13.0. The van der Waals surface area contributed by atoms with Gasteiger partial charge in [0.25, 0.3) is 6.26 Å². The van der Waals surface area contributed by atoms with Crippen LogP contribution in [0.15, 0.2) is 24.4 Å². The molecule has 62 heavy (non-hydrogen) atoms. The van der Waals surface area contributed by atoms with Gasteiger partial charge in [-0.05, 0) is 49.5 Å². The minimum atomic E-state index is -6.04. The molecule has 1 heterocycles. The first kappa shape index (κ1) is 72.0. The van der Waals surface area contributed by atoms with Gasteiger partial charge in [0.15, 0.2) is 13.7 Å². The van der Waals surface area contributed by atoms with Crippen LogP contribution in [0.5, 0.6) is 0 Å².